The molecule has 0 atom stereocenters. The largest absolute Gasteiger partial charge is 0.463 e. The van der Waals surface area contributed by atoms with E-state index < -0.39 is 8.32 Å². The van der Waals surface area contributed by atoms with Crippen molar-refractivity contribution in [1.82, 2.24) is 0 Å². The Morgan fingerprint density at radius 3 is 2.69 bits per heavy atom. The van der Waals surface area contributed by atoms with Crippen molar-refractivity contribution in [2.75, 3.05) is 6.23 Å². The van der Waals surface area contributed by atoms with E-state index in [4.69, 9.17) is 8.85 Å². The fourth-order valence-corrected chi connectivity index (χ4v) is 3.47. The molecule has 0 aliphatic carbocycles. The van der Waals surface area contributed by atoms with Gasteiger partial charge < -0.3 is 8.85 Å². The Hall–Kier alpha value is -0.396. The maximum Gasteiger partial charge on any atom is 0.329 e. The number of rotatable bonds is 6. The van der Waals surface area contributed by atoms with Crippen molar-refractivity contribution in [3.63, 3.8) is 0 Å². The molecule has 0 aromatic carbocycles. The summed E-state index contributed by atoms with van der Waals surface area (Å²) in [7, 11) is -1.27. The number of esters is 1. The van der Waals surface area contributed by atoms with Crippen LogP contribution in [0.25, 0.3) is 0 Å². The van der Waals surface area contributed by atoms with Gasteiger partial charge in [0.25, 0.3) is 0 Å². The molecular weight excluding hydrogens is 200 g/mol. The monoisotopic (exact) mass is 216 g/mol. The van der Waals surface area contributed by atoms with Crippen molar-refractivity contribution in [2.24, 2.45) is 0 Å². The summed E-state index contributed by atoms with van der Waals surface area (Å²) in [6.07, 6.45) is 1.58. The third-order valence-electron chi connectivity index (χ3n) is 1.22. The molecular formula is C8H16O3Si2. The van der Waals surface area contributed by atoms with Crippen LogP contribution in [-0.2, 0) is 13.6 Å². The van der Waals surface area contributed by atoms with Gasteiger partial charge in [0, 0.05) is 6.08 Å². The molecule has 0 rings (SSSR count). The first kappa shape index (κ1) is 12.6. The highest BCUT2D eigenvalue weighted by Crippen LogP contribution is 2.04. The lowest BCUT2D eigenvalue weighted by Crippen LogP contribution is -2.38. The molecule has 3 nitrogen and oxygen atoms in total. The molecule has 0 unspecified atom stereocenters. The molecule has 0 spiro atoms. The summed E-state index contributed by atoms with van der Waals surface area (Å²) < 4.78 is 10.6. The first-order valence-electron chi connectivity index (χ1n) is 4.22. The van der Waals surface area contributed by atoms with E-state index in [-0.39, 0.29) is 5.97 Å². The Balaban J connectivity index is 3.74. The topological polar surface area (TPSA) is 35.5 Å². The van der Waals surface area contributed by atoms with Gasteiger partial charge in [0.15, 0.2) is 0 Å². The van der Waals surface area contributed by atoms with E-state index in [9.17, 15) is 4.79 Å². The zero-order valence-electron chi connectivity index (χ0n) is 8.42. The Bertz CT molecular complexity index is 180. The Kier molecular flexibility index (Phi) is 5.93. The minimum absolute atomic E-state index is 0.371. The second kappa shape index (κ2) is 6.12. The van der Waals surface area contributed by atoms with Crippen molar-refractivity contribution < 1.29 is 13.6 Å². The highest BCUT2D eigenvalue weighted by molar-refractivity contribution is 6.75. The molecule has 0 amide bonds. The number of ether oxygens (including phenoxy) is 1. The Labute approximate surface area is 83.2 Å². The average molecular weight is 216 g/mol. The smallest absolute Gasteiger partial charge is 0.329 e. The molecule has 0 fully saturated rings. The summed E-state index contributed by atoms with van der Waals surface area (Å²) in [5.41, 5.74) is 0. The number of hydrogen-bond acceptors (Lipinski definition) is 3. The van der Waals surface area contributed by atoms with Crippen LogP contribution in [0.4, 0.5) is 0 Å². The van der Waals surface area contributed by atoms with Gasteiger partial charge in [0.1, 0.15) is 6.23 Å². The van der Waals surface area contributed by atoms with E-state index in [1.807, 2.05) is 13.1 Å². The summed E-state index contributed by atoms with van der Waals surface area (Å²) in [6, 6.07) is 1.02. The second-order valence-corrected chi connectivity index (χ2v) is 8.79. The molecule has 0 heterocycles. The highest BCUT2D eigenvalue weighted by atomic mass is 28.4. The fraction of sp³-hybridized carbons (Fsp3) is 0.625. The van der Waals surface area contributed by atoms with Gasteiger partial charge in [-0.25, -0.2) is 4.79 Å². The first-order chi connectivity index (χ1) is 6.02. The SMILES string of the molecule is C=CC(=O)OC[Si](C)(C)O[Si]CC. The van der Waals surface area contributed by atoms with Crippen molar-refractivity contribution >= 4 is 24.0 Å². The van der Waals surface area contributed by atoms with Crippen LogP contribution in [0.1, 0.15) is 6.92 Å². The van der Waals surface area contributed by atoms with Gasteiger partial charge in [0.2, 0.25) is 18.1 Å². The van der Waals surface area contributed by atoms with E-state index in [1.165, 1.54) is 6.08 Å². The summed E-state index contributed by atoms with van der Waals surface area (Å²) >= 11 is 0. The molecule has 2 radical (unpaired) electrons. The van der Waals surface area contributed by atoms with Gasteiger partial charge in [0.05, 0.1) is 0 Å². The number of carbonyl (C=O) groups excluding carboxylic acids is 1. The molecule has 0 aromatic heterocycles. The summed E-state index contributed by atoms with van der Waals surface area (Å²) in [4.78, 5) is 10.8. The van der Waals surface area contributed by atoms with E-state index in [2.05, 4.69) is 13.5 Å². The molecule has 5 heteroatoms. The molecule has 0 saturated carbocycles. The average Bonchev–Trinajstić information content (AvgIpc) is 2.11. The molecule has 74 valence electrons. The third-order valence-corrected chi connectivity index (χ3v) is 5.14. The quantitative estimate of drug-likeness (QED) is 0.384. The van der Waals surface area contributed by atoms with E-state index in [0.717, 1.165) is 6.04 Å². The van der Waals surface area contributed by atoms with Crippen LogP contribution in [0.15, 0.2) is 12.7 Å². The Morgan fingerprint density at radius 1 is 1.62 bits per heavy atom. The molecule has 0 N–H and O–H groups in total. The van der Waals surface area contributed by atoms with Gasteiger partial charge >= 0.3 is 5.97 Å². The van der Waals surface area contributed by atoms with Crippen LogP contribution >= 0.6 is 0 Å². The molecule has 0 aliphatic rings. The van der Waals surface area contributed by atoms with Crippen LogP contribution < -0.4 is 0 Å². The molecule has 0 aromatic rings. The zero-order valence-corrected chi connectivity index (χ0v) is 10.4. The van der Waals surface area contributed by atoms with Crippen LogP contribution in [-0.4, -0.2) is 30.3 Å². The predicted octanol–water partition coefficient (Wildman–Crippen LogP) is 1.53. The minimum atomic E-state index is -1.78. The summed E-state index contributed by atoms with van der Waals surface area (Å²) in [5.74, 6) is -0.371. The summed E-state index contributed by atoms with van der Waals surface area (Å²) in [5, 5.41) is 0. The highest BCUT2D eigenvalue weighted by Gasteiger charge is 2.23. The van der Waals surface area contributed by atoms with Crippen molar-refractivity contribution in [2.45, 2.75) is 26.1 Å². The molecule has 13 heavy (non-hydrogen) atoms. The lowest BCUT2D eigenvalue weighted by atomic mass is 10.7. The standard InChI is InChI=1S/C8H16O3Si2/c1-5-8(9)10-7-13(3,4)11-12-6-2/h5H,1,6-7H2,2-4H3. The van der Waals surface area contributed by atoms with Gasteiger partial charge in [-0.05, 0) is 19.1 Å². The van der Waals surface area contributed by atoms with Gasteiger partial charge in [-0.3, -0.25) is 0 Å². The first-order valence-corrected chi connectivity index (χ1v) is 8.45. The minimum Gasteiger partial charge on any atom is -0.463 e. The van der Waals surface area contributed by atoms with Crippen LogP contribution in [0.2, 0.25) is 19.1 Å². The lowest BCUT2D eigenvalue weighted by Gasteiger charge is -2.21. The fourth-order valence-electron chi connectivity index (χ4n) is 0.601. The Morgan fingerprint density at radius 2 is 2.23 bits per heavy atom. The maximum atomic E-state index is 10.8. The van der Waals surface area contributed by atoms with Gasteiger partial charge in [-0.2, -0.15) is 0 Å². The van der Waals surface area contributed by atoms with Crippen molar-refractivity contribution in [1.29, 1.82) is 0 Å². The molecule has 0 aliphatic heterocycles. The zero-order chi connectivity index (χ0) is 10.3. The van der Waals surface area contributed by atoms with E-state index >= 15 is 0 Å². The van der Waals surface area contributed by atoms with Crippen LogP contribution in [0, 0.1) is 0 Å². The lowest BCUT2D eigenvalue weighted by molar-refractivity contribution is -0.136. The maximum absolute atomic E-state index is 10.8. The van der Waals surface area contributed by atoms with E-state index in [0.29, 0.717) is 16.0 Å². The van der Waals surface area contributed by atoms with Crippen molar-refractivity contribution in [3.8, 4) is 0 Å². The number of hydrogen-bond donors (Lipinski definition) is 0. The second-order valence-electron chi connectivity index (χ2n) is 3.17. The van der Waals surface area contributed by atoms with Gasteiger partial charge in [-0.1, -0.05) is 13.5 Å². The molecule has 0 saturated heterocycles. The predicted molar refractivity (Wildman–Crippen MR) is 56.0 cm³/mol. The number of carbonyl (C=O) groups is 1. The molecule has 0 bridgehead atoms. The van der Waals surface area contributed by atoms with Gasteiger partial charge in [-0.15, -0.1) is 0 Å². The van der Waals surface area contributed by atoms with Crippen LogP contribution in [0.3, 0.4) is 0 Å². The summed E-state index contributed by atoms with van der Waals surface area (Å²) in [6.45, 7) is 9.46. The van der Waals surface area contributed by atoms with Crippen molar-refractivity contribution in [3.05, 3.63) is 12.7 Å². The van der Waals surface area contributed by atoms with Crippen LogP contribution in [0.5, 0.6) is 0 Å². The normalized spacial score (nSPS) is 11.0. The van der Waals surface area contributed by atoms with E-state index in [1.54, 1.807) is 0 Å². The third kappa shape index (κ3) is 6.74.